The summed E-state index contributed by atoms with van der Waals surface area (Å²) in [4.78, 5) is 0. The van der Waals surface area contributed by atoms with Crippen molar-refractivity contribution >= 4 is 10.2 Å². The molecule has 0 atom stereocenters. The molecule has 0 saturated heterocycles. The average molecular weight is 239 g/mol. The van der Waals surface area contributed by atoms with Gasteiger partial charge in [0, 0.05) is 32.8 Å². The number of nitrogens with two attached hydrogens (primary N) is 1. The molecule has 0 spiro atoms. The Labute approximate surface area is 92.0 Å². The minimum atomic E-state index is -3.48. The molecule has 0 aliphatic heterocycles. The number of hydrogen-bond donors (Lipinski definition) is 2. The number of ether oxygens (including phenoxy) is 1. The smallest absolute Gasteiger partial charge is 0.279 e. The van der Waals surface area contributed by atoms with E-state index in [-0.39, 0.29) is 6.54 Å². The first-order valence-corrected chi connectivity index (χ1v) is 6.13. The van der Waals surface area contributed by atoms with E-state index in [0.29, 0.717) is 13.2 Å². The molecule has 92 valence electrons. The van der Waals surface area contributed by atoms with Gasteiger partial charge in [-0.2, -0.15) is 17.4 Å². The molecule has 0 bridgehead atoms. The maximum absolute atomic E-state index is 11.7. The van der Waals surface area contributed by atoms with Crippen LogP contribution in [0.25, 0.3) is 0 Å². The number of hydrogen-bond acceptors (Lipinski definition) is 4. The summed E-state index contributed by atoms with van der Waals surface area (Å²) in [5, 5.41) is 0. The van der Waals surface area contributed by atoms with E-state index in [4.69, 9.17) is 10.5 Å². The lowest BCUT2D eigenvalue weighted by Crippen LogP contribution is -2.53. The second-order valence-electron chi connectivity index (χ2n) is 4.01. The van der Waals surface area contributed by atoms with Crippen LogP contribution in [0.2, 0.25) is 0 Å². The van der Waals surface area contributed by atoms with Gasteiger partial charge >= 0.3 is 0 Å². The van der Waals surface area contributed by atoms with Crippen LogP contribution < -0.4 is 10.5 Å². The van der Waals surface area contributed by atoms with Crippen LogP contribution in [0.1, 0.15) is 13.8 Å². The highest BCUT2D eigenvalue weighted by atomic mass is 32.2. The number of likely N-dealkylation sites (N-methyl/N-ethyl adjacent to an activating group) is 1. The van der Waals surface area contributed by atoms with Gasteiger partial charge in [0.15, 0.2) is 0 Å². The van der Waals surface area contributed by atoms with Crippen LogP contribution in [-0.2, 0) is 14.9 Å². The molecule has 0 fully saturated rings. The number of nitrogens with zero attached hydrogens (tertiary/aromatic N) is 1. The minimum absolute atomic E-state index is 0.240. The minimum Gasteiger partial charge on any atom is -0.383 e. The van der Waals surface area contributed by atoms with Gasteiger partial charge in [-0.15, -0.1) is 0 Å². The molecule has 0 rings (SSSR count). The van der Waals surface area contributed by atoms with E-state index in [2.05, 4.69) is 4.72 Å². The van der Waals surface area contributed by atoms with Crippen LogP contribution in [0, 0.1) is 0 Å². The fraction of sp³-hybridized carbons (Fsp3) is 1.00. The Kier molecular flexibility index (Phi) is 5.68. The number of rotatable bonds is 7. The molecule has 0 amide bonds. The third kappa shape index (κ3) is 5.43. The molecule has 0 heterocycles. The van der Waals surface area contributed by atoms with Crippen molar-refractivity contribution in [2.45, 2.75) is 19.4 Å². The van der Waals surface area contributed by atoms with E-state index >= 15 is 0 Å². The van der Waals surface area contributed by atoms with Gasteiger partial charge < -0.3 is 10.5 Å². The lowest BCUT2D eigenvalue weighted by molar-refractivity contribution is 0.184. The van der Waals surface area contributed by atoms with Crippen molar-refractivity contribution in [1.29, 1.82) is 0 Å². The van der Waals surface area contributed by atoms with Gasteiger partial charge in [0.05, 0.1) is 6.61 Å². The third-order valence-corrected chi connectivity index (χ3v) is 3.75. The first-order chi connectivity index (χ1) is 6.75. The Bertz CT molecular complexity index is 277. The van der Waals surface area contributed by atoms with E-state index in [1.54, 1.807) is 13.8 Å². The topological polar surface area (TPSA) is 84.7 Å². The highest BCUT2D eigenvalue weighted by molar-refractivity contribution is 7.87. The molecule has 6 nitrogen and oxygen atoms in total. The molecule has 7 heteroatoms. The monoisotopic (exact) mass is 239 g/mol. The van der Waals surface area contributed by atoms with E-state index < -0.39 is 15.7 Å². The summed E-state index contributed by atoms with van der Waals surface area (Å²) in [7, 11) is -0.459. The highest BCUT2D eigenvalue weighted by Crippen LogP contribution is 2.04. The molecule has 0 aliphatic carbocycles. The van der Waals surface area contributed by atoms with Crippen LogP contribution in [0.5, 0.6) is 0 Å². The molecule has 0 aromatic carbocycles. The van der Waals surface area contributed by atoms with Crippen LogP contribution in [0.4, 0.5) is 0 Å². The fourth-order valence-corrected chi connectivity index (χ4v) is 2.06. The zero-order valence-electron chi connectivity index (χ0n) is 9.78. The van der Waals surface area contributed by atoms with Gasteiger partial charge in [-0.05, 0) is 13.8 Å². The molecule has 15 heavy (non-hydrogen) atoms. The van der Waals surface area contributed by atoms with Crippen molar-refractivity contribution in [3.05, 3.63) is 0 Å². The molecule has 0 aromatic heterocycles. The van der Waals surface area contributed by atoms with Crippen molar-refractivity contribution < 1.29 is 13.2 Å². The molecule has 0 saturated carbocycles. The molecular weight excluding hydrogens is 218 g/mol. The first kappa shape index (κ1) is 14.8. The van der Waals surface area contributed by atoms with E-state index in [0.717, 1.165) is 0 Å². The second-order valence-corrected chi connectivity index (χ2v) is 5.79. The first-order valence-electron chi connectivity index (χ1n) is 4.69. The maximum atomic E-state index is 11.7. The quantitative estimate of drug-likeness (QED) is 0.605. The van der Waals surface area contributed by atoms with Gasteiger partial charge in [0.25, 0.3) is 10.2 Å². The maximum Gasteiger partial charge on any atom is 0.279 e. The van der Waals surface area contributed by atoms with E-state index in [1.165, 1.54) is 18.5 Å². The predicted octanol–water partition coefficient (Wildman–Crippen LogP) is -0.864. The molecule has 0 aromatic rings. The SMILES string of the molecule is COCCN(C)S(=O)(=O)NC(C)(C)CN. The van der Waals surface area contributed by atoms with Crippen LogP contribution in [0.3, 0.4) is 0 Å². The average Bonchev–Trinajstić information content (AvgIpc) is 2.12. The van der Waals surface area contributed by atoms with Crippen molar-refractivity contribution in [2.75, 3.05) is 33.9 Å². The lowest BCUT2D eigenvalue weighted by atomic mass is 10.1. The van der Waals surface area contributed by atoms with Crippen LogP contribution >= 0.6 is 0 Å². The Morgan fingerprint density at radius 2 is 2.00 bits per heavy atom. The van der Waals surface area contributed by atoms with Crippen LogP contribution in [-0.4, -0.2) is 52.1 Å². The fourth-order valence-electron chi connectivity index (χ4n) is 0.809. The third-order valence-electron chi connectivity index (χ3n) is 1.94. The Morgan fingerprint density at radius 3 is 2.40 bits per heavy atom. The summed E-state index contributed by atoms with van der Waals surface area (Å²) in [5.74, 6) is 0. The van der Waals surface area contributed by atoms with Gasteiger partial charge in [-0.3, -0.25) is 0 Å². The molecule has 3 N–H and O–H groups in total. The Morgan fingerprint density at radius 1 is 1.47 bits per heavy atom. The second kappa shape index (κ2) is 5.76. The molecular formula is C8H21N3O3S. The summed E-state index contributed by atoms with van der Waals surface area (Å²) in [6.45, 7) is 4.38. The van der Waals surface area contributed by atoms with Crippen molar-refractivity contribution in [3.63, 3.8) is 0 Å². The normalized spacial score (nSPS) is 13.5. The number of nitrogens with one attached hydrogen (secondary N) is 1. The lowest BCUT2D eigenvalue weighted by Gasteiger charge is -2.27. The zero-order chi connectivity index (χ0) is 12.1. The summed E-state index contributed by atoms with van der Waals surface area (Å²) in [5.41, 5.74) is 4.80. The van der Waals surface area contributed by atoms with Crippen molar-refractivity contribution in [3.8, 4) is 0 Å². The summed E-state index contributed by atoms with van der Waals surface area (Å²) in [6.07, 6.45) is 0. The Balaban J connectivity index is 4.42. The van der Waals surface area contributed by atoms with Gasteiger partial charge in [0.1, 0.15) is 0 Å². The van der Waals surface area contributed by atoms with Crippen molar-refractivity contribution in [1.82, 2.24) is 9.03 Å². The Hall–Kier alpha value is -0.210. The summed E-state index contributed by atoms with van der Waals surface area (Å²) < 4.78 is 31.9. The largest absolute Gasteiger partial charge is 0.383 e. The van der Waals surface area contributed by atoms with Gasteiger partial charge in [0.2, 0.25) is 0 Å². The van der Waals surface area contributed by atoms with E-state index in [1.807, 2.05) is 0 Å². The zero-order valence-corrected chi connectivity index (χ0v) is 10.6. The summed E-state index contributed by atoms with van der Waals surface area (Å²) in [6, 6.07) is 0. The molecule has 0 aliphatic rings. The highest BCUT2D eigenvalue weighted by Gasteiger charge is 2.26. The predicted molar refractivity (Wildman–Crippen MR) is 59.7 cm³/mol. The number of methoxy groups -OCH3 is 1. The van der Waals surface area contributed by atoms with Gasteiger partial charge in [-0.1, -0.05) is 0 Å². The summed E-state index contributed by atoms with van der Waals surface area (Å²) >= 11 is 0. The molecule has 0 radical (unpaired) electrons. The molecule has 0 unspecified atom stereocenters. The van der Waals surface area contributed by atoms with Crippen LogP contribution in [0.15, 0.2) is 0 Å². The van der Waals surface area contributed by atoms with E-state index in [9.17, 15) is 8.42 Å². The standard InChI is InChI=1S/C8H21N3O3S/c1-8(2,7-9)10-15(12,13)11(3)5-6-14-4/h10H,5-7,9H2,1-4H3. The van der Waals surface area contributed by atoms with Crippen molar-refractivity contribution in [2.24, 2.45) is 5.73 Å². The van der Waals surface area contributed by atoms with Gasteiger partial charge in [-0.25, -0.2) is 0 Å².